The first-order chi connectivity index (χ1) is 13.7. The Morgan fingerprint density at radius 2 is 1.97 bits per heavy atom. The van der Waals surface area contributed by atoms with Crippen LogP contribution in [0.1, 0.15) is 27.0 Å². The second kappa shape index (κ2) is 8.08. The highest BCUT2D eigenvalue weighted by Crippen LogP contribution is 2.28. The number of amides is 1. The van der Waals surface area contributed by atoms with Gasteiger partial charge in [-0.2, -0.15) is 5.10 Å². The van der Waals surface area contributed by atoms with E-state index in [0.29, 0.717) is 11.6 Å². The molecule has 0 saturated heterocycles. The summed E-state index contributed by atoms with van der Waals surface area (Å²) in [4.78, 5) is 18.1. The highest BCUT2D eigenvalue weighted by atomic mass is 19.1. The van der Waals surface area contributed by atoms with Gasteiger partial charge in [0.05, 0.1) is 13.1 Å². The van der Waals surface area contributed by atoms with Crippen molar-refractivity contribution in [2.24, 2.45) is 0 Å². The van der Waals surface area contributed by atoms with E-state index in [-0.39, 0.29) is 24.6 Å². The van der Waals surface area contributed by atoms with Crippen LogP contribution in [0.2, 0.25) is 0 Å². The van der Waals surface area contributed by atoms with E-state index in [0.717, 1.165) is 17.2 Å². The molecule has 3 aromatic rings. The minimum absolute atomic E-state index is 0.130. The van der Waals surface area contributed by atoms with Crippen molar-refractivity contribution in [1.82, 2.24) is 19.7 Å². The highest BCUT2D eigenvalue weighted by molar-refractivity contribution is 5.95. The summed E-state index contributed by atoms with van der Waals surface area (Å²) in [5, 5.41) is 15.3. The number of carbonyl (C=O) groups excluding carboxylic acids is 1. The summed E-state index contributed by atoms with van der Waals surface area (Å²) in [6, 6.07) is 8.39. The van der Waals surface area contributed by atoms with E-state index in [1.165, 1.54) is 35.4 Å². The van der Waals surface area contributed by atoms with Crippen LogP contribution in [0.4, 0.5) is 8.78 Å². The van der Waals surface area contributed by atoms with Gasteiger partial charge in [0.1, 0.15) is 29.9 Å². The summed E-state index contributed by atoms with van der Waals surface area (Å²) in [5.41, 5.74) is 0.331. The molecule has 29 heavy (non-hydrogen) atoms. The monoisotopic (exact) mass is 400 g/mol. The van der Waals surface area contributed by atoms with Crippen LogP contribution in [-0.2, 0) is 12.1 Å². The third kappa shape index (κ3) is 4.48. The van der Waals surface area contributed by atoms with Crippen LogP contribution in [0.25, 0.3) is 0 Å². The van der Waals surface area contributed by atoms with Crippen molar-refractivity contribution in [3.8, 4) is 0 Å². The molecule has 1 atom stereocenters. The predicted octanol–water partition coefficient (Wildman–Crippen LogP) is 2.83. The van der Waals surface area contributed by atoms with E-state index in [1.54, 1.807) is 6.07 Å². The molecule has 0 spiro atoms. The molecule has 0 fully saturated rings. The third-order valence-corrected chi connectivity index (χ3v) is 4.78. The topological polar surface area (TPSA) is 71.2 Å². The lowest BCUT2D eigenvalue weighted by Crippen LogP contribution is -2.45. The van der Waals surface area contributed by atoms with Crippen molar-refractivity contribution in [1.29, 1.82) is 0 Å². The minimum Gasteiger partial charge on any atom is -0.381 e. The molecule has 152 valence electrons. The molecule has 0 aliphatic rings. The summed E-state index contributed by atoms with van der Waals surface area (Å²) >= 11 is 0. The van der Waals surface area contributed by atoms with Gasteiger partial charge in [-0.1, -0.05) is 23.8 Å². The van der Waals surface area contributed by atoms with E-state index in [4.69, 9.17) is 0 Å². The first-order valence-electron chi connectivity index (χ1n) is 9.02. The summed E-state index contributed by atoms with van der Waals surface area (Å²) in [6.45, 7) is 3.36. The number of nitrogens with zero attached hydrogens (tertiary/aromatic N) is 4. The SMILES string of the molecule is Cc1ccc(C(=O)N(C)CC(O)(Cn2cncn2)c2ccc(F)cc2F)c(C)c1. The van der Waals surface area contributed by atoms with Gasteiger partial charge in [0.25, 0.3) is 5.91 Å². The molecule has 0 aliphatic heterocycles. The van der Waals surface area contributed by atoms with E-state index >= 15 is 0 Å². The number of aryl methyl sites for hydroxylation is 2. The molecule has 3 rings (SSSR count). The summed E-state index contributed by atoms with van der Waals surface area (Å²) in [6.07, 6.45) is 2.66. The lowest BCUT2D eigenvalue weighted by Gasteiger charge is -2.33. The van der Waals surface area contributed by atoms with Crippen LogP contribution in [0.3, 0.4) is 0 Å². The maximum atomic E-state index is 14.5. The first kappa shape index (κ1) is 20.6. The fraction of sp³-hybridized carbons (Fsp3) is 0.286. The van der Waals surface area contributed by atoms with Gasteiger partial charge in [0.15, 0.2) is 0 Å². The summed E-state index contributed by atoms with van der Waals surface area (Å²) < 4.78 is 29.2. The number of benzene rings is 2. The van der Waals surface area contributed by atoms with Crippen molar-refractivity contribution < 1.29 is 18.7 Å². The van der Waals surface area contributed by atoms with Crippen LogP contribution in [0.15, 0.2) is 49.1 Å². The van der Waals surface area contributed by atoms with Gasteiger partial charge in [-0.15, -0.1) is 0 Å². The Hall–Kier alpha value is -3.13. The zero-order valence-electron chi connectivity index (χ0n) is 16.4. The van der Waals surface area contributed by atoms with Crippen molar-refractivity contribution >= 4 is 5.91 Å². The predicted molar refractivity (Wildman–Crippen MR) is 103 cm³/mol. The number of aromatic nitrogens is 3. The maximum Gasteiger partial charge on any atom is 0.253 e. The molecule has 1 unspecified atom stereocenters. The fourth-order valence-electron chi connectivity index (χ4n) is 3.39. The van der Waals surface area contributed by atoms with E-state index < -0.39 is 17.2 Å². The van der Waals surface area contributed by atoms with Gasteiger partial charge in [0.2, 0.25) is 0 Å². The van der Waals surface area contributed by atoms with Crippen molar-refractivity contribution in [3.05, 3.63) is 82.9 Å². The molecular weight excluding hydrogens is 378 g/mol. The zero-order chi connectivity index (χ0) is 21.2. The number of hydrogen-bond donors (Lipinski definition) is 1. The van der Waals surface area contributed by atoms with Gasteiger partial charge >= 0.3 is 0 Å². The molecule has 8 heteroatoms. The van der Waals surface area contributed by atoms with Crippen molar-refractivity contribution in [2.75, 3.05) is 13.6 Å². The lowest BCUT2D eigenvalue weighted by atomic mass is 9.92. The average Bonchev–Trinajstić information content (AvgIpc) is 3.13. The van der Waals surface area contributed by atoms with Gasteiger partial charge in [-0.25, -0.2) is 18.4 Å². The van der Waals surface area contributed by atoms with Gasteiger partial charge in [-0.3, -0.25) is 4.79 Å². The largest absolute Gasteiger partial charge is 0.381 e. The lowest BCUT2D eigenvalue weighted by molar-refractivity contribution is -0.0129. The fourth-order valence-corrected chi connectivity index (χ4v) is 3.39. The Labute approximate surface area is 167 Å². The Kier molecular flexibility index (Phi) is 5.74. The summed E-state index contributed by atoms with van der Waals surface area (Å²) in [5.74, 6) is -1.98. The van der Waals surface area contributed by atoms with E-state index in [2.05, 4.69) is 10.1 Å². The van der Waals surface area contributed by atoms with Gasteiger partial charge in [-0.05, 0) is 31.5 Å². The van der Waals surface area contributed by atoms with Crippen molar-refractivity contribution in [3.63, 3.8) is 0 Å². The molecule has 1 aromatic heterocycles. The van der Waals surface area contributed by atoms with Crippen LogP contribution < -0.4 is 0 Å². The smallest absolute Gasteiger partial charge is 0.253 e. The number of aliphatic hydroxyl groups is 1. The third-order valence-electron chi connectivity index (χ3n) is 4.78. The van der Waals surface area contributed by atoms with Crippen LogP contribution in [0, 0.1) is 25.5 Å². The Morgan fingerprint density at radius 3 is 2.59 bits per heavy atom. The average molecular weight is 400 g/mol. The van der Waals surface area contributed by atoms with Crippen molar-refractivity contribution in [2.45, 2.75) is 26.0 Å². The molecule has 6 nitrogen and oxygen atoms in total. The Morgan fingerprint density at radius 1 is 1.21 bits per heavy atom. The maximum absolute atomic E-state index is 14.5. The minimum atomic E-state index is -1.85. The number of hydrogen-bond acceptors (Lipinski definition) is 4. The molecule has 1 N–H and O–H groups in total. The van der Waals surface area contributed by atoms with Gasteiger partial charge in [0, 0.05) is 24.2 Å². The highest BCUT2D eigenvalue weighted by Gasteiger charge is 2.36. The Balaban J connectivity index is 1.94. The van der Waals surface area contributed by atoms with Crippen LogP contribution >= 0.6 is 0 Å². The summed E-state index contributed by atoms with van der Waals surface area (Å²) in [7, 11) is 1.52. The second-order valence-corrected chi connectivity index (χ2v) is 7.23. The number of carbonyl (C=O) groups is 1. The zero-order valence-corrected chi connectivity index (χ0v) is 16.4. The molecule has 0 aliphatic carbocycles. The molecule has 1 heterocycles. The molecular formula is C21H22F2N4O2. The second-order valence-electron chi connectivity index (χ2n) is 7.23. The van der Waals surface area contributed by atoms with Gasteiger partial charge < -0.3 is 10.0 Å². The van der Waals surface area contributed by atoms with Crippen LogP contribution in [-0.4, -0.2) is 44.3 Å². The molecule has 0 radical (unpaired) electrons. The normalized spacial score (nSPS) is 13.2. The standard InChI is InChI=1S/C21H22F2N4O2/c1-14-4-6-17(15(2)8-14)20(28)26(3)10-21(29,11-27-13-24-12-25-27)18-7-5-16(22)9-19(18)23/h4-9,12-13,29H,10-11H2,1-3H3. The first-order valence-corrected chi connectivity index (χ1v) is 9.02. The quantitative estimate of drug-likeness (QED) is 0.691. The number of halogens is 2. The number of likely N-dealkylation sites (N-methyl/N-ethyl adjacent to an activating group) is 1. The van der Waals surface area contributed by atoms with E-state index in [9.17, 15) is 18.7 Å². The number of rotatable bonds is 6. The molecule has 2 aromatic carbocycles. The van der Waals surface area contributed by atoms with Crippen LogP contribution in [0.5, 0.6) is 0 Å². The molecule has 1 amide bonds. The molecule has 0 saturated carbocycles. The van der Waals surface area contributed by atoms with E-state index in [1.807, 2.05) is 26.0 Å². The Bertz CT molecular complexity index is 1020. The molecule has 0 bridgehead atoms.